The largest absolute Gasteiger partial charge is 0.373 e. The first-order valence-electron chi connectivity index (χ1n) is 8.00. The molecular formula is C16H24N4. The Kier molecular flexibility index (Phi) is 2.69. The second-order valence-electron chi connectivity index (χ2n) is 7.05. The van der Waals surface area contributed by atoms with Gasteiger partial charge in [0.2, 0.25) is 0 Å². The van der Waals surface area contributed by atoms with Crippen LogP contribution in [0.3, 0.4) is 0 Å². The first kappa shape index (κ1) is 12.4. The van der Waals surface area contributed by atoms with E-state index < -0.39 is 0 Å². The summed E-state index contributed by atoms with van der Waals surface area (Å²) in [6.07, 6.45) is 6.10. The summed E-state index contributed by atoms with van der Waals surface area (Å²) in [4.78, 5) is 8.88. The number of aromatic nitrogens is 2. The van der Waals surface area contributed by atoms with Crippen molar-refractivity contribution >= 4 is 11.6 Å². The smallest absolute Gasteiger partial charge is 0.135 e. The third kappa shape index (κ3) is 1.66. The highest BCUT2D eigenvalue weighted by molar-refractivity contribution is 5.60. The maximum Gasteiger partial charge on any atom is 0.135 e. The zero-order chi connectivity index (χ0) is 13.9. The van der Waals surface area contributed by atoms with E-state index in [0.29, 0.717) is 12.0 Å². The maximum atomic E-state index is 4.52. The van der Waals surface area contributed by atoms with E-state index in [1.165, 1.54) is 24.8 Å². The molecule has 3 fully saturated rings. The number of rotatable bonds is 4. The van der Waals surface area contributed by atoms with Crippen LogP contribution in [0.25, 0.3) is 0 Å². The molecule has 0 radical (unpaired) electrons. The lowest BCUT2D eigenvalue weighted by atomic mass is 10.0. The van der Waals surface area contributed by atoms with Gasteiger partial charge in [-0.25, -0.2) is 9.97 Å². The maximum absolute atomic E-state index is 4.52. The Hall–Kier alpha value is -1.32. The van der Waals surface area contributed by atoms with Crippen LogP contribution in [0.2, 0.25) is 0 Å². The molecule has 1 aromatic heterocycles. The lowest BCUT2D eigenvalue weighted by Crippen LogP contribution is -2.16. The van der Waals surface area contributed by atoms with Crippen molar-refractivity contribution in [3.05, 3.63) is 11.9 Å². The van der Waals surface area contributed by atoms with Gasteiger partial charge in [0.1, 0.15) is 18.0 Å². The van der Waals surface area contributed by atoms with Gasteiger partial charge in [-0.15, -0.1) is 0 Å². The Labute approximate surface area is 120 Å². The minimum atomic E-state index is 0.427. The summed E-state index contributed by atoms with van der Waals surface area (Å²) in [5.41, 5.74) is 1.23. The minimum absolute atomic E-state index is 0.427. The van der Waals surface area contributed by atoms with Gasteiger partial charge in [-0.3, -0.25) is 0 Å². The van der Waals surface area contributed by atoms with Crippen LogP contribution in [-0.4, -0.2) is 23.1 Å². The lowest BCUT2D eigenvalue weighted by Gasteiger charge is -2.18. The predicted octanol–water partition coefficient (Wildman–Crippen LogP) is 3.10. The molecule has 4 atom stereocenters. The molecule has 0 saturated heterocycles. The van der Waals surface area contributed by atoms with Crippen LogP contribution in [0.15, 0.2) is 6.33 Å². The normalized spacial score (nSPS) is 37.1. The molecule has 4 unspecified atom stereocenters. The Morgan fingerprint density at radius 2 is 1.75 bits per heavy atom. The van der Waals surface area contributed by atoms with E-state index in [9.17, 15) is 0 Å². The van der Waals surface area contributed by atoms with Crippen molar-refractivity contribution < 1.29 is 0 Å². The molecule has 0 aliphatic heterocycles. The van der Waals surface area contributed by atoms with Crippen LogP contribution in [-0.2, 0) is 0 Å². The van der Waals surface area contributed by atoms with E-state index in [4.69, 9.17) is 0 Å². The molecule has 4 nitrogen and oxygen atoms in total. The fraction of sp³-hybridized carbons (Fsp3) is 0.750. The first-order chi connectivity index (χ1) is 9.70. The molecule has 0 aromatic carbocycles. The Balaban J connectivity index is 1.58. The summed E-state index contributed by atoms with van der Waals surface area (Å²) in [6, 6.07) is 0.679. The molecule has 108 valence electrons. The number of hydrogen-bond acceptors (Lipinski definition) is 4. The molecule has 0 spiro atoms. The summed E-state index contributed by atoms with van der Waals surface area (Å²) in [7, 11) is 1.93. The topological polar surface area (TPSA) is 49.8 Å². The molecule has 1 aromatic rings. The van der Waals surface area contributed by atoms with E-state index in [1.807, 2.05) is 7.05 Å². The highest BCUT2D eigenvalue weighted by Crippen LogP contribution is 2.66. The fourth-order valence-corrected chi connectivity index (χ4v) is 4.93. The van der Waals surface area contributed by atoms with E-state index in [0.717, 1.165) is 35.3 Å². The molecule has 3 aliphatic carbocycles. The SMILES string of the molecule is CNc1ncnc(NC2C3C4CCC(C4)C23)c1C(C)C. The van der Waals surface area contributed by atoms with Crippen molar-refractivity contribution in [1.82, 2.24) is 9.97 Å². The molecule has 4 heteroatoms. The quantitative estimate of drug-likeness (QED) is 0.884. The fourth-order valence-electron chi connectivity index (χ4n) is 4.93. The third-order valence-electron chi connectivity index (χ3n) is 5.74. The van der Waals surface area contributed by atoms with Gasteiger partial charge in [0.05, 0.1) is 0 Å². The van der Waals surface area contributed by atoms with Gasteiger partial charge in [-0.1, -0.05) is 13.8 Å². The monoisotopic (exact) mass is 272 g/mol. The molecule has 1 heterocycles. The van der Waals surface area contributed by atoms with E-state index in [1.54, 1.807) is 6.33 Å². The Bertz CT molecular complexity index is 511. The standard InChI is InChI=1S/C16H24N4/c1-8(2)11-15(17-3)18-7-19-16(11)20-14-12-9-4-5-10(6-9)13(12)14/h7-10,12-14H,4-6H2,1-3H3,(H2,17,18,19,20). The van der Waals surface area contributed by atoms with Crippen LogP contribution in [0.5, 0.6) is 0 Å². The van der Waals surface area contributed by atoms with Gasteiger partial charge in [-0.05, 0) is 48.9 Å². The average molecular weight is 272 g/mol. The highest BCUT2D eigenvalue weighted by atomic mass is 15.1. The van der Waals surface area contributed by atoms with Crippen LogP contribution in [0, 0.1) is 23.7 Å². The van der Waals surface area contributed by atoms with Crippen molar-refractivity contribution in [1.29, 1.82) is 0 Å². The zero-order valence-corrected chi connectivity index (χ0v) is 12.6. The van der Waals surface area contributed by atoms with Crippen LogP contribution < -0.4 is 10.6 Å². The van der Waals surface area contributed by atoms with Crippen molar-refractivity contribution in [3.8, 4) is 0 Å². The predicted molar refractivity (Wildman–Crippen MR) is 80.9 cm³/mol. The molecule has 2 bridgehead atoms. The first-order valence-corrected chi connectivity index (χ1v) is 8.00. The van der Waals surface area contributed by atoms with Gasteiger partial charge < -0.3 is 10.6 Å². The van der Waals surface area contributed by atoms with E-state index >= 15 is 0 Å². The van der Waals surface area contributed by atoms with E-state index in [2.05, 4.69) is 34.4 Å². The lowest BCUT2D eigenvalue weighted by molar-refractivity contribution is 0.456. The van der Waals surface area contributed by atoms with Crippen molar-refractivity contribution in [2.45, 2.75) is 45.1 Å². The average Bonchev–Trinajstić information content (AvgIpc) is 2.84. The van der Waals surface area contributed by atoms with Crippen LogP contribution >= 0.6 is 0 Å². The van der Waals surface area contributed by atoms with E-state index in [-0.39, 0.29) is 0 Å². The number of nitrogens with zero attached hydrogens (tertiary/aromatic N) is 2. The van der Waals surface area contributed by atoms with Gasteiger partial charge in [0.25, 0.3) is 0 Å². The Morgan fingerprint density at radius 3 is 2.35 bits per heavy atom. The molecule has 2 N–H and O–H groups in total. The number of nitrogens with one attached hydrogen (secondary N) is 2. The second-order valence-corrected chi connectivity index (χ2v) is 7.05. The van der Waals surface area contributed by atoms with Crippen LogP contribution in [0.1, 0.15) is 44.6 Å². The molecule has 20 heavy (non-hydrogen) atoms. The third-order valence-corrected chi connectivity index (χ3v) is 5.74. The van der Waals surface area contributed by atoms with Gasteiger partial charge in [0.15, 0.2) is 0 Å². The minimum Gasteiger partial charge on any atom is -0.373 e. The molecule has 4 rings (SSSR count). The summed E-state index contributed by atoms with van der Waals surface area (Å²) < 4.78 is 0. The van der Waals surface area contributed by atoms with Gasteiger partial charge >= 0.3 is 0 Å². The highest BCUT2D eigenvalue weighted by Gasteiger charge is 2.65. The van der Waals surface area contributed by atoms with Crippen molar-refractivity contribution in [3.63, 3.8) is 0 Å². The zero-order valence-electron chi connectivity index (χ0n) is 12.6. The molecular weight excluding hydrogens is 248 g/mol. The summed E-state index contributed by atoms with van der Waals surface area (Å²) in [6.45, 7) is 4.42. The van der Waals surface area contributed by atoms with Gasteiger partial charge in [0, 0.05) is 18.7 Å². The Morgan fingerprint density at radius 1 is 1.10 bits per heavy atom. The molecule has 0 amide bonds. The van der Waals surface area contributed by atoms with Crippen molar-refractivity contribution in [2.75, 3.05) is 17.7 Å². The molecule has 3 aliphatic rings. The number of hydrogen-bond donors (Lipinski definition) is 2. The number of anilines is 2. The summed E-state index contributed by atoms with van der Waals surface area (Å²) >= 11 is 0. The summed E-state index contributed by atoms with van der Waals surface area (Å²) in [5.74, 6) is 6.30. The van der Waals surface area contributed by atoms with Gasteiger partial charge in [-0.2, -0.15) is 0 Å². The summed E-state index contributed by atoms with van der Waals surface area (Å²) in [5, 5.41) is 6.95. The second kappa shape index (κ2) is 4.34. The van der Waals surface area contributed by atoms with Crippen molar-refractivity contribution in [2.24, 2.45) is 23.7 Å². The van der Waals surface area contributed by atoms with Crippen LogP contribution in [0.4, 0.5) is 11.6 Å². The number of fused-ring (bicyclic) bond motifs is 5. The molecule has 3 saturated carbocycles.